The largest absolute Gasteiger partial charge is 0.461 e. The molecule has 1 unspecified atom stereocenters. The summed E-state index contributed by atoms with van der Waals surface area (Å²) >= 11 is 0. The lowest BCUT2D eigenvalue weighted by atomic mass is 10.3. The van der Waals surface area contributed by atoms with Crippen molar-refractivity contribution in [3.05, 3.63) is 54.6 Å². The van der Waals surface area contributed by atoms with E-state index in [-0.39, 0.29) is 24.0 Å². The van der Waals surface area contributed by atoms with Crippen LogP contribution in [-0.4, -0.2) is 47.3 Å². The number of hydrogen-bond acceptors (Lipinski definition) is 5. The smallest absolute Gasteiger partial charge is 0.216 e. The van der Waals surface area contributed by atoms with Gasteiger partial charge in [-0.15, -0.1) is 29.1 Å². The maximum Gasteiger partial charge on any atom is 0.216 e. The number of furan rings is 1. The van der Waals surface area contributed by atoms with Crippen LogP contribution >= 0.6 is 24.0 Å². The molecule has 148 valence electrons. The topological polar surface area (TPSA) is 94.4 Å². The molecule has 0 aliphatic carbocycles. The third-order valence-electron chi connectivity index (χ3n) is 4.57. The second-order valence-corrected chi connectivity index (χ2v) is 6.42. The molecule has 3 aromatic rings. The molecule has 8 nitrogen and oxygen atoms in total. The van der Waals surface area contributed by atoms with E-state index in [2.05, 4.69) is 60.0 Å². The highest BCUT2D eigenvalue weighted by Crippen LogP contribution is 2.19. The minimum atomic E-state index is 0. The molecule has 0 radical (unpaired) electrons. The number of guanidine groups is 1. The van der Waals surface area contributed by atoms with E-state index in [1.54, 1.807) is 13.3 Å². The van der Waals surface area contributed by atoms with Crippen molar-refractivity contribution in [3.63, 3.8) is 0 Å². The predicted octanol–water partition coefficient (Wildman–Crippen LogP) is 2.63. The van der Waals surface area contributed by atoms with Gasteiger partial charge >= 0.3 is 0 Å². The molecule has 1 saturated heterocycles. The molecular formula is C19H24IN7O. The van der Waals surface area contributed by atoms with Crippen LogP contribution in [0.4, 0.5) is 5.69 Å². The standard InChI is InChI=1S/C19H23N7O.HI/c1-20-19(21-12-17-23-18(25-24-17)16-8-5-11-27-16)22-14-9-10-26(13-14)15-6-3-2-4-7-15;/h2-8,11,14H,9-10,12-13H2,1H3,(H2,20,21,22)(H,23,24,25);1H. The Morgan fingerprint density at radius 2 is 2.14 bits per heavy atom. The van der Waals surface area contributed by atoms with E-state index in [1.165, 1.54) is 5.69 Å². The third kappa shape index (κ3) is 4.83. The van der Waals surface area contributed by atoms with Gasteiger partial charge in [-0.25, -0.2) is 4.98 Å². The number of anilines is 1. The van der Waals surface area contributed by atoms with Crippen molar-refractivity contribution in [1.29, 1.82) is 0 Å². The van der Waals surface area contributed by atoms with Crippen LogP contribution in [0.1, 0.15) is 12.2 Å². The van der Waals surface area contributed by atoms with Gasteiger partial charge in [0.1, 0.15) is 5.82 Å². The molecule has 0 amide bonds. The Hall–Kier alpha value is -2.56. The first-order chi connectivity index (χ1) is 13.3. The average molecular weight is 493 g/mol. The van der Waals surface area contributed by atoms with Crippen molar-refractivity contribution in [2.75, 3.05) is 25.0 Å². The maximum atomic E-state index is 5.31. The minimum Gasteiger partial charge on any atom is -0.461 e. The van der Waals surface area contributed by atoms with E-state index in [0.29, 0.717) is 24.2 Å². The summed E-state index contributed by atoms with van der Waals surface area (Å²) in [6.45, 7) is 2.49. The molecule has 3 N–H and O–H groups in total. The second kappa shape index (κ2) is 9.58. The molecule has 2 aromatic heterocycles. The summed E-state index contributed by atoms with van der Waals surface area (Å²) in [5, 5.41) is 13.9. The van der Waals surface area contributed by atoms with Crippen molar-refractivity contribution < 1.29 is 4.42 Å². The summed E-state index contributed by atoms with van der Waals surface area (Å²) in [5.41, 5.74) is 1.26. The summed E-state index contributed by atoms with van der Waals surface area (Å²) in [6, 6.07) is 14.5. The maximum absolute atomic E-state index is 5.31. The van der Waals surface area contributed by atoms with Gasteiger partial charge in [0.05, 0.1) is 12.8 Å². The van der Waals surface area contributed by atoms with Gasteiger partial charge in [0.2, 0.25) is 5.82 Å². The predicted molar refractivity (Wildman–Crippen MR) is 120 cm³/mol. The van der Waals surface area contributed by atoms with Crippen molar-refractivity contribution in [2.45, 2.75) is 19.0 Å². The number of nitrogens with zero attached hydrogens (tertiary/aromatic N) is 4. The lowest BCUT2D eigenvalue weighted by Crippen LogP contribution is -2.44. The SMILES string of the molecule is CN=C(NCc1nc(-c2ccco2)n[nH]1)NC1CCN(c2ccccc2)C1.I. The van der Waals surface area contributed by atoms with E-state index < -0.39 is 0 Å². The Morgan fingerprint density at radius 3 is 2.89 bits per heavy atom. The molecule has 0 bridgehead atoms. The van der Waals surface area contributed by atoms with Gasteiger partial charge in [-0.2, -0.15) is 0 Å². The number of aromatic amines is 1. The molecular weight excluding hydrogens is 469 g/mol. The molecule has 28 heavy (non-hydrogen) atoms. The normalized spacial score (nSPS) is 16.7. The molecule has 1 atom stereocenters. The Bertz CT molecular complexity index is 879. The Labute approximate surface area is 180 Å². The van der Waals surface area contributed by atoms with E-state index in [1.807, 2.05) is 18.2 Å². The Balaban J connectivity index is 0.00000225. The highest BCUT2D eigenvalue weighted by molar-refractivity contribution is 14.0. The van der Waals surface area contributed by atoms with Gasteiger partial charge in [-0.05, 0) is 30.7 Å². The molecule has 9 heteroatoms. The van der Waals surface area contributed by atoms with Gasteiger partial charge < -0.3 is 20.0 Å². The van der Waals surface area contributed by atoms with Gasteiger partial charge in [-0.3, -0.25) is 10.1 Å². The minimum absolute atomic E-state index is 0. The van der Waals surface area contributed by atoms with Gasteiger partial charge in [0.15, 0.2) is 11.7 Å². The number of rotatable bonds is 5. The number of H-pyrrole nitrogens is 1. The fourth-order valence-electron chi connectivity index (χ4n) is 3.20. The quantitative estimate of drug-likeness (QED) is 0.288. The first kappa shape index (κ1) is 20.2. The summed E-state index contributed by atoms with van der Waals surface area (Å²) < 4.78 is 5.31. The fraction of sp³-hybridized carbons (Fsp3) is 0.316. The van der Waals surface area contributed by atoms with Gasteiger partial charge in [0, 0.05) is 31.9 Å². The molecule has 1 aliphatic rings. The highest BCUT2D eigenvalue weighted by atomic mass is 127. The van der Waals surface area contributed by atoms with E-state index >= 15 is 0 Å². The van der Waals surface area contributed by atoms with Crippen molar-refractivity contribution >= 4 is 35.6 Å². The highest BCUT2D eigenvalue weighted by Gasteiger charge is 2.23. The van der Waals surface area contributed by atoms with E-state index in [4.69, 9.17) is 4.42 Å². The first-order valence-corrected chi connectivity index (χ1v) is 9.04. The number of aliphatic imine (C=N–C) groups is 1. The van der Waals surface area contributed by atoms with Gasteiger partial charge in [-0.1, -0.05) is 18.2 Å². The lowest BCUT2D eigenvalue weighted by Gasteiger charge is -2.20. The van der Waals surface area contributed by atoms with E-state index in [9.17, 15) is 0 Å². The van der Waals surface area contributed by atoms with Crippen LogP contribution in [0.15, 0.2) is 58.1 Å². The van der Waals surface area contributed by atoms with Crippen LogP contribution in [0.3, 0.4) is 0 Å². The number of hydrogen-bond donors (Lipinski definition) is 3. The van der Waals surface area contributed by atoms with Crippen LogP contribution in [0, 0.1) is 0 Å². The summed E-state index contributed by atoms with van der Waals surface area (Å²) in [6.07, 6.45) is 2.68. The Kier molecular flexibility index (Phi) is 6.90. The second-order valence-electron chi connectivity index (χ2n) is 6.42. The molecule has 3 heterocycles. The monoisotopic (exact) mass is 493 g/mol. The van der Waals surface area contributed by atoms with Crippen LogP contribution in [0.5, 0.6) is 0 Å². The number of para-hydroxylation sites is 1. The van der Waals surface area contributed by atoms with E-state index in [0.717, 1.165) is 31.3 Å². The van der Waals surface area contributed by atoms with Crippen molar-refractivity contribution in [1.82, 2.24) is 25.8 Å². The third-order valence-corrected chi connectivity index (χ3v) is 4.57. The molecule has 0 spiro atoms. The molecule has 0 saturated carbocycles. The lowest BCUT2D eigenvalue weighted by molar-refractivity contribution is 0.577. The zero-order valence-corrected chi connectivity index (χ0v) is 18.0. The summed E-state index contributed by atoms with van der Waals surface area (Å²) in [7, 11) is 1.77. The van der Waals surface area contributed by atoms with Crippen LogP contribution in [-0.2, 0) is 6.54 Å². The number of halogens is 1. The number of nitrogens with one attached hydrogen (secondary N) is 3. The average Bonchev–Trinajstić information content (AvgIpc) is 3.47. The summed E-state index contributed by atoms with van der Waals surface area (Å²) in [4.78, 5) is 11.1. The van der Waals surface area contributed by atoms with Crippen molar-refractivity contribution in [2.24, 2.45) is 4.99 Å². The Morgan fingerprint density at radius 1 is 1.29 bits per heavy atom. The van der Waals surface area contributed by atoms with Crippen LogP contribution in [0.2, 0.25) is 0 Å². The number of aromatic nitrogens is 3. The molecule has 4 rings (SSSR count). The first-order valence-electron chi connectivity index (χ1n) is 9.04. The fourth-order valence-corrected chi connectivity index (χ4v) is 3.20. The molecule has 1 fully saturated rings. The zero-order chi connectivity index (χ0) is 18.5. The van der Waals surface area contributed by atoms with Crippen molar-refractivity contribution in [3.8, 4) is 11.6 Å². The zero-order valence-electron chi connectivity index (χ0n) is 15.6. The van der Waals surface area contributed by atoms with Gasteiger partial charge in [0.25, 0.3) is 0 Å². The van der Waals surface area contributed by atoms with Crippen LogP contribution in [0.25, 0.3) is 11.6 Å². The number of benzene rings is 1. The van der Waals surface area contributed by atoms with Crippen LogP contribution < -0.4 is 15.5 Å². The molecule has 1 aromatic carbocycles. The molecule has 1 aliphatic heterocycles. The summed E-state index contributed by atoms with van der Waals surface area (Å²) in [5.74, 6) is 2.67.